The molecule has 0 bridgehead atoms. The van der Waals surface area contributed by atoms with Crippen LogP contribution in [0.15, 0.2) is 28.7 Å². The smallest absolute Gasteiger partial charge is 0.318 e. The Hall–Kier alpha value is -0.680. The van der Waals surface area contributed by atoms with Gasteiger partial charge in [-0.1, -0.05) is 34.1 Å². The summed E-state index contributed by atoms with van der Waals surface area (Å²) >= 11 is 3.33. The maximum absolute atomic E-state index is 11.6. The van der Waals surface area contributed by atoms with Crippen LogP contribution in [-0.4, -0.2) is 20.5 Å². The fourth-order valence-electron chi connectivity index (χ4n) is 1.01. The molecule has 0 aromatic heterocycles. The van der Waals surface area contributed by atoms with Gasteiger partial charge < -0.3 is 5.11 Å². The first kappa shape index (κ1) is 12.4. The molecule has 5 heteroatoms. The van der Waals surface area contributed by atoms with Gasteiger partial charge >= 0.3 is 5.97 Å². The van der Waals surface area contributed by atoms with Crippen LogP contribution < -0.4 is 0 Å². The lowest BCUT2D eigenvalue weighted by atomic mass is 10.2. The van der Waals surface area contributed by atoms with Crippen LogP contribution in [0.4, 0.5) is 0 Å². The van der Waals surface area contributed by atoms with Gasteiger partial charge in [0, 0.05) is 15.3 Å². The van der Waals surface area contributed by atoms with E-state index in [-0.39, 0.29) is 5.75 Å². The van der Waals surface area contributed by atoms with E-state index in [2.05, 4.69) is 15.9 Å². The zero-order valence-electron chi connectivity index (χ0n) is 8.14. The number of aliphatic carboxylic acids is 1. The van der Waals surface area contributed by atoms with Crippen molar-refractivity contribution in [1.82, 2.24) is 0 Å². The molecule has 0 fully saturated rings. The molecule has 3 nitrogen and oxygen atoms in total. The van der Waals surface area contributed by atoms with Gasteiger partial charge in [0.05, 0.1) is 5.75 Å². The van der Waals surface area contributed by atoms with Crippen LogP contribution in [-0.2, 0) is 21.3 Å². The summed E-state index contributed by atoms with van der Waals surface area (Å²) in [5.41, 5.74) is 0.865. The van der Waals surface area contributed by atoms with Crippen molar-refractivity contribution in [3.8, 4) is 0 Å². The summed E-state index contributed by atoms with van der Waals surface area (Å²) < 4.78 is 12.5. The standard InChI is InChI=1S/C10H11BrO3S/c1-7(10(12)13)15(14)6-8-4-2-3-5-9(8)11/h2-5,7H,6H2,1H3,(H,12,13). The molecule has 0 saturated heterocycles. The van der Waals surface area contributed by atoms with Gasteiger partial charge in [-0.2, -0.15) is 0 Å². The molecule has 1 aromatic rings. The van der Waals surface area contributed by atoms with Crippen LogP contribution >= 0.6 is 15.9 Å². The molecule has 2 unspecified atom stereocenters. The zero-order valence-corrected chi connectivity index (χ0v) is 10.5. The Labute approximate surface area is 99.1 Å². The van der Waals surface area contributed by atoms with E-state index in [0.29, 0.717) is 0 Å². The third kappa shape index (κ3) is 3.43. The second-order valence-corrected chi connectivity index (χ2v) is 5.71. The Morgan fingerprint density at radius 1 is 1.53 bits per heavy atom. The number of hydrogen-bond donors (Lipinski definition) is 1. The van der Waals surface area contributed by atoms with Crippen molar-refractivity contribution >= 4 is 32.7 Å². The molecule has 0 aliphatic heterocycles. The van der Waals surface area contributed by atoms with Gasteiger partial charge in [0.25, 0.3) is 0 Å². The number of carbonyl (C=O) groups is 1. The molecule has 1 N–H and O–H groups in total. The molecule has 82 valence electrons. The minimum atomic E-state index is -1.39. The highest BCUT2D eigenvalue weighted by Gasteiger charge is 2.19. The third-order valence-corrected chi connectivity index (χ3v) is 4.36. The van der Waals surface area contributed by atoms with Gasteiger partial charge in [-0.3, -0.25) is 9.00 Å². The first-order chi connectivity index (χ1) is 7.02. The molecule has 0 heterocycles. The summed E-state index contributed by atoms with van der Waals surface area (Å²) in [6.07, 6.45) is 0. The first-order valence-corrected chi connectivity index (χ1v) is 6.53. The van der Waals surface area contributed by atoms with E-state index < -0.39 is 22.0 Å². The van der Waals surface area contributed by atoms with Gasteiger partial charge in [0.1, 0.15) is 5.25 Å². The maximum atomic E-state index is 11.6. The summed E-state index contributed by atoms with van der Waals surface area (Å²) in [4.78, 5) is 10.6. The van der Waals surface area contributed by atoms with Crippen LogP contribution in [0, 0.1) is 0 Å². The lowest BCUT2D eigenvalue weighted by molar-refractivity contribution is -0.136. The normalized spacial score (nSPS) is 14.5. The summed E-state index contributed by atoms with van der Waals surface area (Å²) in [5.74, 6) is -0.769. The zero-order chi connectivity index (χ0) is 11.4. The van der Waals surface area contributed by atoms with E-state index >= 15 is 0 Å². The minimum Gasteiger partial charge on any atom is -0.480 e. The molecule has 0 aliphatic rings. The number of carboxylic acid groups (broad SMARTS) is 1. The van der Waals surface area contributed by atoms with E-state index in [0.717, 1.165) is 10.0 Å². The van der Waals surface area contributed by atoms with Crippen LogP contribution in [0.25, 0.3) is 0 Å². The highest BCUT2D eigenvalue weighted by molar-refractivity contribution is 9.10. The summed E-state index contributed by atoms with van der Waals surface area (Å²) in [6, 6.07) is 7.37. The molecule has 0 spiro atoms. The molecule has 0 aliphatic carbocycles. The number of hydrogen-bond acceptors (Lipinski definition) is 2. The Kier molecular flexibility index (Phi) is 4.47. The Balaban J connectivity index is 2.75. The van der Waals surface area contributed by atoms with E-state index in [1.807, 2.05) is 24.3 Å². The van der Waals surface area contributed by atoms with Crippen molar-refractivity contribution in [2.24, 2.45) is 0 Å². The molecular formula is C10H11BrO3S. The number of benzene rings is 1. The van der Waals surface area contributed by atoms with E-state index in [9.17, 15) is 9.00 Å². The maximum Gasteiger partial charge on any atom is 0.318 e. The van der Waals surface area contributed by atoms with Gasteiger partial charge in [-0.05, 0) is 18.6 Å². The fraction of sp³-hybridized carbons (Fsp3) is 0.300. The average molecular weight is 291 g/mol. The molecule has 1 aromatic carbocycles. The molecule has 0 amide bonds. The number of rotatable bonds is 4. The molecule has 15 heavy (non-hydrogen) atoms. The Morgan fingerprint density at radius 2 is 2.13 bits per heavy atom. The second-order valence-electron chi connectivity index (χ2n) is 3.10. The fourth-order valence-corrected chi connectivity index (χ4v) is 2.65. The van der Waals surface area contributed by atoms with Crippen LogP contribution in [0.3, 0.4) is 0 Å². The molecule has 0 radical (unpaired) electrons. The van der Waals surface area contributed by atoms with Crippen molar-refractivity contribution in [3.63, 3.8) is 0 Å². The van der Waals surface area contributed by atoms with Gasteiger partial charge in [-0.25, -0.2) is 0 Å². The predicted molar refractivity (Wildman–Crippen MR) is 63.1 cm³/mol. The summed E-state index contributed by atoms with van der Waals surface area (Å²) in [6.45, 7) is 1.45. The van der Waals surface area contributed by atoms with Crippen molar-refractivity contribution < 1.29 is 14.1 Å². The van der Waals surface area contributed by atoms with Crippen molar-refractivity contribution in [1.29, 1.82) is 0 Å². The highest BCUT2D eigenvalue weighted by atomic mass is 79.9. The van der Waals surface area contributed by atoms with Gasteiger partial charge in [-0.15, -0.1) is 0 Å². The quantitative estimate of drug-likeness (QED) is 0.925. The summed E-state index contributed by atoms with van der Waals surface area (Å²) in [5, 5.41) is 7.86. The van der Waals surface area contributed by atoms with E-state index in [1.54, 1.807) is 0 Å². The predicted octanol–water partition coefficient (Wildman–Crippen LogP) is 2.17. The van der Waals surface area contributed by atoms with Crippen LogP contribution in [0.5, 0.6) is 0 Å². The first-order valence-electron chi connectivity index (χ1n) is 4.35. The van der Waals surface area contributed by atoms with Gasteiger partial charge in [0.2, 0.25) is 0 Å². The number of halogens is 1. The molecule has 2 atom stereocenters. The Morgan fingerprint density at radius 3 is 2.67 bits per heavy atom. The molecule has 1 rings (SSSR count). The number of carboxylic acids is 1. The SMILES string of the molecule is CC(C(=O)O)S(=O)Cc1ccccc1Br. The monoisotopic (exact) mass is 290 g/mol. The largest absolute Gasteiger partial charge is 0.480 e. The van der Waals surface area contributed by atoms with Crippen molar-refractivity contribution in [3.05, 3.63) is 34.3 Å². The van der Waals surface area contributed by atoms with E-state index in [4.69, 9.17) is 5.11 Å². The summed E-state index contributed by atoms with van der Waals surface area (Å²) in [7, 11) is -1.39. The van der Waals surface area contributed by atoms with Crippen LogP contribution in [0.1, 0.15) is 12.5 Å². The van der Waals surface area contributed by atoms with Crippen LogP contribution in [0.2, 0.25) is 0 Å². The van der Waals surface area contributed by atoms with Crippen molar-refractivity contribution in [2.45, 2.75) is 17.9 Å². The minimum absolute atomic E-state index is 0.259. The van der Waals surface area contributed by atoms with E-state index in [1.165, 1.54) is 6.92 Å². The van der Waals surface area contributed by atoms with Gasteiger partial charge in [0.15, 0.2) is 0 Å². The third-order valence-electron chi connectivity index (χ3n) is 2.00. The lowest BCUT2D eigenvalue weighted by Gasteiger charge is -2.07. The highest BCUT2D eigenvalue weighted by Crippen LogP contribution is 2.18. The average Bonchev–Trinajstić information content (AvgIpc) is 2.20. The molecule has 0 saturated carbocycles. The second kappa shape index (κ2) is 5.42. The Bertz CT molecular complexity index is 392. The van der Waals surface area contributed by atoms with Crippen molar-refractivity contribution in [2.75, 3.05) is 0 Å². The lowest BCUT2D eigenvalue weighted by Crippen LogP contribution is -2.22. The molecular weight excluding hydrogens is 280 g/mol. The topological polar surface area (TPSA) is 54.4 Å².